The molecule has 0 rings (SSSR count). The lowest BCUT2D eigenvalue weighted by atomic mass is 10.0. The standard InChI is InChI=1S/C80H129NO8/c1-6-8-10-12-14-16-18-20-22-24-26-28-30-32-34-36-37-38-39-40-41-43-45-47-49-51-53-55-57-59-61-63-65-67-69-71-78(83)89-76(75-88-80(79(84)85)86-73-72-81(3,4)5)74-87-77(82)70-68-66-64-62-60-58-56-54-52-50-48-46-44-42-35-33-31-29-27-25-23-21-19-17-15-13-11-9-7-2/h8-11,14-17,20-23,26-29,32,34,37-38,40-41,45,47,51,53,57,59,76,80H,6-7,12-13,18-19,24-25,30-31,33,35-36,39,42-44,46,48-50,52,54-56,58,60-75H2,1-5H3/p+1/b10-8-,11-9-,16-14-,17-15-,22-20-,23-21-,28-26-,29-27-,34-32-,38-37-,41-40-,47-45-,53-51-,59-57-. The van der Waals surface area contributed by atoms with Gasteiger partial charge in [0.05, 0.1) is 34.4 Å². The minimum atomic E-state index is -1.53. The number of carboxylic acid groups (broad SMARTS) is 1. The minimum Gasteiger partial charge on any atom is -0.477 e. The van der Waals surface area contributed by atoms with E-state index in [-0.39, 0.29) is 38.6 Å². The van der Waals surface area contributed by atoms with Gasteiger partial charge in [-0.25, -0.2) is 4.79 Å². The molecular weight excluding hydrogens is 1100 g/mol. The Kier molecular flexibility index (Phi) is 64.4. The molecule has 0 aliphatic heterocycles. The number of esters is 2. The number of ether oxygens (including phenoxy) is 4. The number of aliphatic carboxylic acids is 1. The van der Waals surface area contributed by atoms with Gasteiger partial charge < -0.3 is 28.5 Å². The van der Waals surface area contributed by atoms with Crippen molar-refractivity contribution in [2.75, 3.05) is 47.5 Å². The maximum atomic E-state index is 12.9. The summed E-state index contributed by atoms with van der Waals surface area (Å²) < 4.78 is 22.9. The molecule has 0 bridgehead atoms. The summed E-state index contributed by atoms with van der Waals surface area (Å²) in [5, 5.41) is 9.75. The van der Waals surface area contributed by atoms with Crippen molar-refractivity contribution in [1.82, 2.24) is 0 Å². The van der Waals surface area contributed by atoms with E-state index in [2.05, 4.69) is 184 Å². The van der Waals surface area contributed by atoms with E-state index in [1.807, 2.05) is 21.1 Å². The van der Waals surface area contributed by atoms with E-state index >= 15 is 0 Å². The summed E-state index contributed by atoms with van der Waals surface area (Å²) >= 11 is 0. The van der Waals surface area contributed by atoms with Gasteiger partial charge in [-0.3, -0.25) is 9.59 Å². The molecule has 2 unspecified atom stereocenters. The molecule has 0 aromatic carbocycles. The molecule has 9 nitrogen and oxygen atoms in total. The van der Waals surface area contributed by atoms with E-state index in [1.54, 1.807) is 0 Å². The third kappa shape index (κ3) is 70.0. The predicted octanol–water partition coefficient (Wildman–Crippen LogP) is 22.2. The van der Waals surface area contributed by atoms with Gasteiger partial charge in [-0.2, -0.15) is 0 Å². The van der Waals surface area contributed by atoms with Crippen molar-refractivity contribution in [3.05, 3.63) is 170 Å². The molecule has 0 amide bonds. The fourth-order valence-corrected chi connectivity index (χ4v) is 9.15. The van der Waals surface area contributed by atoms with Crippen LogP contribution in [0.2, 0.25) is 0 Å². The number of hydrogen-bond acceptors (Lipinski definition) is 7. The highest BCUT2D eigenvalue weighted by atomic mass is 16.7. The van der Waals surface area contributed by atoms with E-state index < -0.39 is 24.3 Å². The molecule has 0 fully saturated rings. The monoisotopic (exact) mass is 1230 g/mol. The minimum absolute atomic E-state index is 0.174. The molecule has 9 heteroatoms. The zero-order valence-electron chi connectivity index (χ0n) is 57.3. The van der Waals surface area contributed by atoms with Crippen molar-refractivity contribution in [3.63, 3.8) is 0 Å². The highest BCUT2D eigenvalue weighted by Gasteiger charge is 2.25. The van der Waals surface area contributed by atoms with Crippen molar-refractivity contribution in [2.24, 2.45) is 0 Å². The lowest BCUT2D eigenvalue weighted by Crippen LogP contribution is -2.40. The molecule has 0 saturated heterocycles. The number of unbranched alkanes of at least 4 members (excludes halogenated alkanes) is 20. The number of quaternary nitrogens is 1. The summed E-state index contributed by atoms with van der Waals surface area (Å²) in [6.07, 6.45) is 100. The Labute approximate surface area is 546 Å². The summed E-state index contributed by atoms with van der Waals surface area (Å²) in [7, 11) is 5.96. The summed E-state index contributed by atoms with van der Waals surface area (Å²) in [4.78, 5) is 37.6. The third-order valence-corrected chi connectivity index (χ3v) is 14.5. The van der Waals surface area contributed by atoms with Crippen molar-refractivity contribution in [2.45, 2.75) is 270 Å². The summed E-state index contributed by atoms with van der Waals surface area (Å²) in [6, 6.07) is 0. The van der Waals surface area contributed by atoms with Crippen LogP contribution in [0.5, 0.6) is 0 Å². The van der Waals surface area contributed by atoms with Gasteiger partial charge in [0.1, 0.15) is 13.2 Å². The van der Waals surface area contributed by atoms with Crippen molar-refractivity contribution in [1.29, 1.82) is 0 Å². The second-order valence-corrected chi connectivity index (χ2v) is 24.1. The van der Waals surface area contributed by atoms with Crippen LogP contribution in [0, 0.1) is 0 Å². The van der Waals surface area contributed by atoms with Crippen molar-refractivity contribution in [3.8, 4) is 0 Å². The Morgan fingerprint density at radius 2 is 0.607 bits per heavy atom. The van der Waals surface area contributed by atoms with Gasteiger partial charge in [-0.15, -0.1) is 0 Å². The van der Waals surface area contributed by atoms with Crippen LogP contribution in [0.25, 0.3) is 0 Å². The Bertz CT molecular complexity index is 2070. The fourth-order valence-electron chi connectivity index (χ4n) is 9.15. The number of carboxylic acids is 1. The molecule has 0 heterocycles. The largest absolute Gasteiger partial charge is 0.477 e. The highest BCUT2D eigenvalue weighted by Crippen LogP contribution is 2.16. The van der Waals surface area contributed by atoms with Gasteiger partial charge in [0, 0.05) is 12.8 Å². The first-order valence-electron chi connectivity index (χ1n) is 35.3. The first-order chi connectivity index (χ1) is 43.6. The Morgan fingerprint density at radius 1 is 0.337 bits per heavy atom. The molecule has 0 saturated carbocycles. The molecule has 0 radical (unpaired) electrons. The Hall–Kier alpha value is -5.35. The first-order valence-corrected chi connectivity index (χ1v) is 35.3. The Morgan fingerprint density at radius 3 is 0.899 bits per heavy atom. The number of carbonyl (C=O) groups excluding carboxylic acids is 2. The van der Waals surface area contributed by atoms with Gasteiger partial charge in [0.2, 0.25) is 0 Å². The average Bonchev–Trinajstić information content (AvgIpc) is 3.64. The molecule has 2 atom stereocenters. The average molecular weight is 1230 g/mol. The van der Waals surface area contributed by atoms with E-state index in [9.17, 15) is 19.5 Å². The lowest BCUT2D eigenvalue weighted by molar-refractivity contribution is -0.870. The van der Waals surface area contributed by atoms with E-state index in [0.717, 1.165) is 135 Å². The van der Waals surface area contributed by atoms with Gasteiger partial charge in [-0.1, -0.05) is 287 Å². The van der Waals surface area contributed by atoms with Crippen LogP contribution >= 0.6 is 0 Å². The van der Waals surface area contributed by atoms with Crippen LogP contribution in [-0.2, 0) is 33.3 Å². The highest BCUT2D eigenvalue weighted by molar-refractivity contribution is 5.71. The molecule has 0 aromatic heterocycles. The molecule has 502 valence electrons. The van der Waals surface area contributed by atoms with Gasteiger partial charge >= 0.3 is 17.9 Å². The maximum absolute atomic E-state index is 12.9. The van der Waals surface area contributed by atoms with Gasteiger partial charge in [0.25, 0.3) is 6.29 Å². The van der Waals surface area contributed by atoms with Crippen LogP contribution in [0.15, 0.2) is 170 Å². The second-order valence-electron chi connectivity index (χ2n) is 24.1. The number of carbonyl (C=O) groups is 3. The predicted molar refractivity (Wildman–Crippen MR) is 382 cm³/mol. The normalized spacial score (nSPS) is 13.8. The SMILES string of the molecule is CC/C=C\C/C=C\C/C=C\C/C=C\C/C=C\C/C=C\C/C=C\C/C=C\C/C=C\C/C=C\CCCCCCC(=O)OC(COC(=O)CCCCCCCCCCCCCCCCCC/C=C\C/C=C\C/C=C\C/C=C\CC)COC(OCC[N+](C)(C)C)C(=O)O. The molecule has 1 N–H and O–H groups in total. The molecule has 0 aliphatic rings. The number of hydrogen-bond donors (Lipinski definition) is 1. The van der Waals surface area contributed by atoms with Crippen LogP contribution in [0.1, 0.15) is 258 Å². The topological polar surface area (TPSA) is 108 Å². The molecule has 0 aliphatic carbocycles. The fraction of sp³-hybridized carbons (Fsp3) is 0.613. The Balaban J connectivity index is 4.23. The molecular formula is C80H130NO8+. The second kappa shape index (κ2) is 68.6. The van der Waals surface area contributed by atoms with Crippen LogP contribution in [-0.4, -0.2) is 87.4 Å². The number of allylic oxidation sites excluding steroid dienone is 28. The van der Waals surface area contributed by atoms with Crippen LogP contribution in [0.4, 0.5) is 0 Å². The summed E-state index contributed by atoms with van der Waals surface area (Å²) in [6.45, 7) is 4.61. The maximum Gasteiger partial charge on any atom is 0.361 e. The van der Waals surface area contributed by atoms with E-state index in [4.69, 9.17) is 18.9 Å². The zero-order chi connectivity index (χ0) is 64.7. The smallest absolute Gasteiger partial charge is 0.361 e. The number of nitrogens with zero attached hydrogens (tertiary/aromatic N) is 1. The summed E-state index contributed by atoms with van der Waals surface area (Å²) in [5.74, 6) is -2.05. The van der Waals surface area contributed by atoms with Crippen molar-refractivity contribution >= 4 is 17.9 Å². The van der Waals surface area contributed by atoms with E-state index in [1.165, 1.54) is 89.9 Å². The third-order valence-electron chi connectivity index (χ3n) is 14.5. The van der Waals surface area contributed by atoms with Gasteiger partial charge in [-0.05, 0) is 128 Å². The molecule has 0 spiro atoms. The van der Waals surface area contributed by atoms with E-state index in [0.29, 0.717) is 17.4 Å². The lowest BCUT2D eigenvalue weighted by Gasteiger charge is -2.25. The van der Waals surface area contributed by atoms with Crippen LogP contribution in [0.3, 0.4) is 0 Å². The van der Waals surface area contributed by atoms with Crippen molar-refractivity contribution < 1.29 is 42.9 Å². The molecule has 0 aromatic rings. The zero-order valence-corrected chi connectivity index (χ0v) is 57.3. The number of likely N-dealkylation sites (N-methyl/N-ethyl adjacent to an activating group) is 1. The molecule has 89 heavy (non-hydrogen) atoms. The summed E-state index contributed by atoms with van der Waals surface area (Å²) in [5.41, 5.74) is 0. The number of rotatable bonds is 63. The quantitative estimate of drug-likeness (QED) is 0.0211. The van der Waals surface area contributed by atoms with Crippen LogP contribution < -0.4 is 0 Å². The van der Waals surface area contributed by atoms with Gasteiger partial charge in [0.15, 0.2) is 6.10 Å². The first kappa shape index (κ1) is 83.7.